The fourth-order valence-corrected chi connectivity index (χ4v) is 0.818. The van der Waals surface area contributed by atoms with E-state index in [9.17, 15) is 0 Å². The van der Waals surface area contributed by atoms with Gasteiger partial charge in [0, 0.05) is 18.8 Å². The van der Waals surface area contributed by atoms with E-state index in [1.54, 1.807) is 0 Å². The van der Waals surface area contributed by atoms with Crippen molar-refractivity contribution in [3.8, 4) is 23.7 Å². The number of rotatable bonds is 3. The zero-order chi connectivity index (χ0) is 9.23. The van der Waals surface area contributed by atoms with Gasteiger partial charge in [-0.25, -0.2) is 0 Å². The summed E-state index contributed by atoms with van der Waals surface area (Å²) in [5, 5.41) is 0. The minimum atomic E-state index is 0.439. The summed E-state index contributed by atoms with van der Waals surface area (Å²) in [6, 6.07) is 0. The molecule has 0 spiro atoms. The second-order valence-electron chi connectivity index (χ2n) is 2.96. The Labute approximate surface area is 76.8 Å². The molecule has 1 atom stereocenters. The molecule has 0 aliphatic carbocycles. The zero-order valence-corrected chi connectivity index (χ0v) is 8.41. The van der Waals surface area contributed by atoms with Crippen LogP contribution in [-0.4, -0.2) is 0 Å². The SMILES string of the molecule is CC#CCC(C)C#CCCCC. The Morgan fingerprint density at radius 2 is 2.00 bits per heavy atom. The van der Waals surface area contributed by atoms with Crippen molar-refractivity contribution in [1.29, 1.82) is 0 Å². The normalized spacial score (nSPS) is 10.6. The summed E-state index contributed by atoms with van der Waals surface area (Å²) in [5.74, 6) is 12.7. The highest BCUT2D eigenvalue weighted by Gasteiger charge is 1.90. The molecule has 0 fully saturated rings. The van der Waals surface area contributed by atoms with Crippen molar-refractivity contribution in [2.24, 2.45) is 5.92 Å². The zero-order valence-electron chi connectivity index (χ0n) is 8.41. The van der Waals surface area contributed by atoms with Crippen molar-refractivity contribution in [2.75, 3.05) is 0 Å². The Balaban J connectivity index is 3.54. The molecule has 0 heterocycles. The summed E-state index contributed by atoms with van der Waals surface area (Å²) in [7, 11) is 0. The third kappa shape index (κ3) is 7.23. The van der Waals surface area contributed by atoms with Crippen LogP contribution >= 0.6 is 0 Å². The van der Waals surface area contributed by atoms with Crippen molar-refractivity contribution in [3.63, 3.8) is 0 Å². The Hall–Kier alpha value is -0.880. The van der Waals surface area contributed by atoms with Gasteiger partial charge in [-0.3, -0.25) is 0 Å². The van der Waals surface area contributed by atoms with Crippen LogP contribution in [-0.2, 0) is 0 Å². The molecule has 12 heavy (non-hydrogen) atoms. The second kappa shape index (κ2) is 8.22. The highest BCUT2D eigenvalue weighted by molar-refractivity contribution is 5.07. The lowest BCUT2D eigenvalue weighted by Gasteiger charge is -1.94. The molecule has 0 N–H and O–H groups in total. The number of hydrogen-bond donors (Lipinski definition) is 0. The molecule has 0 aliphatic rings. The molecule has 0 bridgehead atoms. The maximum absolute atomic E-state index is 3.20. The lowest BCUT2D eigenvalue weighted by Crippen LogP contribution is -1.86. The standard InChI is InChI=1S/C12H18/c1-4-6-8-9-11-12(3)10-7-5-2/h12H,4,6,8,10H2,1-3H3. The van der Waals surface area contributed by atoms with E-state index in [1.165, 1.54) is 12.8 Å². The van der Waals surface area contributed by atoms with Gasteiger partial charge in [-0.05, 0) is 13.3 Å². The van der Waals surface area contributed by atoms with E-state index in [4.69, 9.17) is 0 Å². The van der Waals surface area contributed by atoms with Gasteiger partial charge in [0.05, 0.1) is 0 Å². The van der Waals surface area contributed by atoms with Gasteiger partial charge >= 0.3 is 0 Å². The summed E-state index contributed by atoms with van der Waals surface area (Å²) in [6.45, 7) is 6.19. The number of hydrogen-bond acceptors (Lipinski definition) is 0. The van der Waals surface area contributed by atoms with Crippen LogP contribution in [0.3, 0.4) is 0 Å². The molecule has 0 saturated heterocycles. The Kier molecular flexibility index (Phi) is 7.62. The van der Waals surface area contributed by atoms with Gasteiger partial charge in [0.1, 0.15) is 0 Å². The van der Waals surface area contributed by atoms with Crippen LogP contribution in [0.1, 0.15) is 46.5 Å². The lowest BCUT2D eigenvalue weighted by molar-refractivity contribution is 0.781. The van der Waals surface area contributed by atoms with Crippen LogP contribution in [0.5, 0.6) is 0 Å². The van der Waals surface area contributed by atoms with Gasteiger partial charge in [0.25, 0.3) is 0 Å². The van der Waals surface area contributed by atoms with Gasteiger partial charge in [0.15, 0.2) is 0 Å². The third-order valence-corrected chi connectivity index (χ3v) is 1.59. The average Bonchev–Trinajstić information content (AvgIpc) is 2.09. The molecule has 0 rings (SSSR count). The molecule has 0 aliphatic heterocycles. The van der Waals surface area contributed by atoms with Crippen molar-refractivity contribution < 1.29 is 0 Å². The minimum Gasteiger partial charge on any atom is -0.107 e. The molecule has 0 nitrogen and oxygen atoms in total. The van der Waals surface area contributed by atoms with Gasteiger partial charge in [-0.2, -0.15) is 0 Å². The highest BCUT2D eigenvalue weighted by atomic mass is 13.9. The van der Waals surface area contributed by atoms with Crippen LogP contribution in [0.2, 0.25) is 0 Å². The molecule has 0 aromatic rings. The smallest absolute Gasteiger partial charge is 0.0283 e. The summed E-state index contributed by atoms with van der Waals surface area (Å²) < 4.78 is 0. The molecule has 66 valence electrons. The second-order valence-corrected chi connectivity index (χ2v) is 2.96. The molecule has 0 amide bonds. The van der Waals surface area contributed by atoms with E-state index >= 15 is 0 Å². The molecular weight excluding hydrogens is 144 g/mol. The van der Waals surface area contributed by atoms with Gasteiger partial charge in [-0.1, -0.05) is 26.2 Å². The summed E-state index contributed by atoms with van der Waals surface area (Å²) in [5.41, 5.74) is 0. The quantitative estimate of drug-likeness (QED) is 0.441. The Bertz CT molecular complexity index is 204. The van der Waals surface area contributed by atoms with Crippen LogP contribution < -0.4 is 0 Å². The summed E-state index contributed by atoms with van der Waals surface area (Å²) in [4.78, 5) is 0. The molecule has 1 unspecified atom stereocenters. The first-order valence-corrected chi connectivity index (χ1v) is 4.69. The van der Waals surface area contributed by atoms with Crippen molar-refractivity contribution in [3.05, 3.63) is 0 Å². The van der Waals surface area contributed by atoms with Crippen LogP contribution in [0.15, 0.2) is 0 Å². The lowest BCUT2D eigenvalue weighted by atomic mass is 10.1. The topological polar surface area (TPSA) is 0 Å². The molecule has 0 radical (unpaired) electrons. The van der Waals surface area contributed by atoms with E-state index in [2.05, 4.69) is 37.5 Å². The van der Waals surface area contributed by atoms with Gasteiger partial charge in [0.2, 0.25) is 0 Å². The van der Waals surface area contributed by atoms with Crippen LogP contribution in [0, 0.1) is 29.6 Å². The van der Waals surface area contributed by atoms with Crippen molar-refractivity contribution in [1.82, 2.24) is 0 Å². The molecule has 0 aromatic heterocycles. The fraction of sp³-hybridized carbons (Fsp3) is 0.667. The average molecular weight is 162 g/mol. The van der Waals surface area contributed by atoms with Gasteiger partial charge < -0.3 is 0 Å². The largest absolute Gasteiger partial charge is 0.107 e. The first-order chi connectivity index (χ1) is 5.81. The predicted molar refractivity (Wildman–Crippen MR) is 54.5 cm³/mol. The maximum Gasteiger partial charge on any atom is 0.0283 e. The molecule has 0 saturated carbocycles. The van der Waals surface area contributed by atoms with E-state index in [0.717, 1.165) is 12.8 Å². The number of unbranched alkanes of at least 4 members (excludes halogenated alkanes) is 2. The molecule has 0 heteroatoms. The minimum absolute atomic E-state index is 0.439. The van der Waals surface area contributed by atoms with Crippen LogP contribution in [0.25, 0.3) is 0 Å². The van der Waals surface area contributed by atoms with E-state index in [-0.39, 0.29) is 0 Å². The summed E-state index contributed by atoms with van der Waals surface area (Å²) in [6.07, 6.45) is 4.41. The predicted octanol–water partition coefficient (Wildman–Crippen LogP) is 3.23. The first-order valence-electron chi connectivity index (χ1n) is 4.69. The highest BCUT2D eigenvalue weighted by Crippen LogP contribution is 1.98. The van der Waals surface area contributed by atoms with Crippen LogP contribution in [0.4, 0.5) is 0 Å². The van der Waals surface area contributed by atoms with Gasteiger partial charge in [-0.15, -0.1) is 17.8 Å². The summed E-state index contributed by atoms with van der Waals surface area (Å²) >= 11 is 0. The van der Waals surface area contributed by atoms with Crippen molar-refractivity contribution in [2.45, 2.75) is 46.5 Å². The Morgan fingerprint density at radius 3 is 2.58 bits per heavy atom. The fourth-order valence-electron chi connectivity index (χ4n) is 0.818. The van der Waals surface area contributed by atoms with E-state index in [1.807, 2.05) is 6.92 Å². The van der Waals surface area contributed by atoms with E-state index in [0.29, 0.717) is 5.92 Å². The maximum atomic E-state index is 3.20. The van der Waals surface area contributed by atoms with E-state index < -0.39 is 0 Å². The first kappa shape index (κ1) is 11.1. The third-order valence-electron chi connectivity index (χ3n) is 1.59. The monoisotopic (exact) mass is 162 g/mol. The molecule has 0 aromatic carbocycles. The Morgan fingerprint density at radius 1 is 1.25 bits per heavy atom. The van der Waals surface area contributed by atoms with Crippen molar-refractivity contribution >= 4 is 0 Å². The molecular formula is C12H18.